The number of likely N-dealkylation sites (tertiary alicyclic amines) is 1. The van der Waals surface area contributed by atoms with Gasteiger partial charge in [0.2, 0.25) is 5.91 Å². The molecule has 0 aliphatic carbocycles. The summed E-state index contributed by atoms with van der Waals surface area (Å²) in [7, 11) is 0. The summed E-state index contributed by atoms with van der Waals surface area (Å²) in [5, 5.41) is 10.1. The molecule has 4 rings (SSSR count). The second-order valence-electron chi connectivity index (χ2n) is 9.90. The fraction of sp³-hybridized carbons (Fsp3) is 0.536. The number of amides is 2. The Kier molecular flexibility index (Phi) is 8.88. The number of aliphatic hydroxyl groups excluding tert-OH is 1. The molecule has 35 heavy (non-hydrogen) atoms. The van der Waals surface area contributed by atoms with Gasteiger partial charge in [-0.2, -0.15) is 0 Å². The van der Waals surface area contributed by atoms with Crippen molar-refractivity contribution >= 4 is 17.5 Å². The van der Waals surface area contributed by atoms with Gasteiger partial charge in [0, 0.05) is 63.3 Å². The van der Waals surface area contributed by atoms with Crippen LogP contribution in [0.1, 0.15) is 73.4 Å². The van der Waals surface area contributed by atoms with Crippen molar-refractivity contribution in [1.29, 1.82) is 0 Å². The molecule has 1 fully saturated rings. The molecular weight excluding hydrogens is 440 g/mol. The smallest absolute Gasteiger partial charge is 0.253 e. The maximum Gasteiger partial charge on any atom is 0.253 e. The predicted molar refractivity (Wildman–Crippen MR) is 137 cm³/mol. The van der Waals surface area contributed by atoms with Gasteiger partial charge in [-0.3, -0.25) is 19.5 Å². The highest BCUT2D eigenvalue weighted by Gasteiger charge is 2.25. The molecule has 7 nitrogen and oxygen atoms in total. The number of hydrogen-bond donors (Lipinski definition) is 1. The van der Waals surface area contributed by atoms with Gasteiger partial charge < -0.3 is 14.9 Å². The van der Waals surface area contributed by atoms with Gasteiger partial charge in [-0.1, -0.05) is 25.3 Å². The summed E-state index contributed by atoms with van der Waals surface area (Å²) in [6, 6.07) is 9.80. The van der Waals surface area contributed by atoms with Gasteiger partial charge in [0.1, 0.15) is 0 Å². The van der Waals surface area contributed by atoms with Gasteiger partial charge in [-0.25, -0.2) is 0 Å². The molecule has 2 aliphatic rings. The van der Waals surface area contributed by atoms with Crippen LogP contribution >= 0.6 is 0 Å². The van der Waals surface area contributed by atoms with E-state index in [0.717, 1.165) is 62.0 Å². The number of rotatable bonds is 3. The summed E-state index contributed by atoms with van der Waals surface area (Å²) in [5.41, 5.74) is 3.66. The second kappa shape index (κ2) is 12.3. The maximum atomic E-state index is 13.3. The molecule has 1 N–H and O–H groups in total. The van der Waals surface area contributed by atoms with E-state index >= 15 is 0 Å². The summed E-state index contributed by atoms with van der Waals surface area (Å²) in [5.74, 6) is -0.0220. The fourth-order valence-corrected chi connectivity index (χ4v) is 5.22. The number of carbonyl (C=O) groups is 2. The minimum absolute atomic E-state index is 0.0281. The number of hydrogen-bond acceptors (Lipinski definition) is 5. The van der Waals surface area contributed by atoms with Crippen LogP contribution in [-0.2, 0) is 17.9 Å². The van der Waals surface area contributed by atoms with Crippen molar-refractivity contribution in [1.82, 2.24) is 14.8 Å². The molecule has 1 saturated heterocycles. The topological polar surface area (TPSA) is 77.0 Å². The number of anilines is 1. The SMILES string of the molecule is CC(=O)N1CCCCCCCN(Cc2cccnc2)Cc2cc(C(=O)N3CCCC(O)C3)ccc21. The van der Waals surface area contributed by atoms with E-state index in [4.69, 9.17) is 0 Å². The van der Waals surface area contributed by atoms with Crippen molar-refractivity contribution in [3.05, 3.63) is 59.4 Å². The Balaban J connectivity index is 1.67. The van der Waals surface area contributed by atoms with Crippen molar-refractivity contribution in [2.24, 2.45) is 0 Å². The van der Waals surface area contributed by atoms with Crippen molar-refractivity contribution in [2.75, 3.05) is 31.1 Å². The molecule has 188 valence electrons. The molecular formula is C28H38N4O3. The third kappa shape index (κ3) is 6.89. The van der Waals surface area contributed by atoms with Crippen LogP contribution in [0.4, 0.5) is 5.69 Å². The first-order valence-corrected chi connectivity index (χ1v) is 13.0. The summed E-state index contributed by atoms with van der Waals surface area (Å²) in [4.78, 5) is 36.3. The summed E-state index contributed by atoms with van der Waals surface area (Å²) in [6.45, 7) is 5.72. The number of nitrogens with zero attached hydrogens (tertiary/aromatic N) is 4. The van der Waals surface area contributed by atoms with E-state index in [2.05, 4.69) is 16.0 Å². The first-order valence-electron chi connectivity index (χ1n) is 13.0. The lowest BCUT2D eigenvalue weighted by molar-refractivity contribution is -0.116. The summed E-state index contributed by atoms with van der Waals surface area (Å²) in [6.07, 6.45) is 10.3. The Hall–Kier alpha value is -2.77. The van der Waals surface area contributed by atoms with Gasteiger partial charge in [0.05, 0.1) is 6.10 Å². The third-order valence-corrected chi connectivity index (χ3v) is 7.06. The zero-order chi connectivity index (χ0) is 24.6. The largest absolute Gasteiger partial charge is 0.391 e. The van der Waals surface area contributed by atoms with Gasteiger partial charge in [0.25, 0.3) is 5.91 Å². The number of carbonyl (C=O) groups excluding carboxylic acids is 2. The van der Waals surface area contributed by atoms with Crippen molar-refractivity contribution in [3.8, 4) is 0 Å². The van der Waals surface area contributed by atoms with Crippen LogP contribution in [0.2, 0.25) is 0 Å². The predicted octanol–water partition coefficient (Wildman–Crippen LogP) is 4.00. The van der Waals surface area contributed by atoms with Gasteiger partial charge in [0.15, 0.2) is 0 Å². The molecule has 1 atom stereocenters. The molecule has 2 aromatic rings. The van der Waals surface area contributed by atoms with Crippen LogP contribution in [0.15, 0.2) is 42.7 Å². The molecule has 0 saturated carbocycles. The van der Waals surface area contributed by atoms with Gasteiger partial charge in [-0.15, -0.1) is 0 Å². The van der Waals surface area contributed by atoms with Crippen molar-refractivity contribution in [3.63, 3.8) is 0 Å². The molecule has 7 heteroatoms. The van der Waals surface area contributed by atoms with E-state index in [9.17, 15) is 14.7 Å². The lowest BCUT2D eigenvalue weighted by Gasteiger charge is -2.31. The standard InChI is InChI=1S/C28H38N4O3/c1-22(33)32-16-6-4-2-3-5-14-30(19-23-9-7-13-29-18-23)20-25-17-24(11-12-27(25)32)28(35)31-15-8-10-26(34)21-31/h7,9,11-13,17-18,26,34H,2-6,8,10,14-16,19-21H2,1H3. The lowest BCUT2D eigenvalue weighted by Crippen LogP contribution is -2.42. The fourth-order valence-electron chi connectivity index (χ4n) is 5.22. The number of piperidine rings is 1. The highest BCUT2D eigenvalue weighted by molar-refractivity contribution is 5.97. The molecule has 3 heterocycles. The minimum Gasteiger partial charge on any atom is -0.391 e. The van der Waals surface area contributed by atoms with Crippen LogP contribution in [0.3, 0.4) is 0 Å². The number of benzene rings is 1. The molecule has 1 unspecified atom stereocenters. The normalized spacial score (nSPS) is 20.5. The zero-order valence-electron chi connectivity index (χ0n) is 20.9. The highest BCUT2D eigenvalue weighted by Crippen LogP contribution is 2.27. The van der Waals surface area contributed by atoms with E-state index < -0.39 is 6.10 Å². The lowest BCUT2D eigenvalue weighted by atomic mass is 10.0. The Bertz CT molecular complexity index is 997. The molecule has 2 amide bonds. The Morgan fingerprint density at radius 1 is 1.03 bits per heavy atom. The number of aliphatic hydroxyl groups is 1. The molecule has 2 aliphatic heterocycles. The average molecular weight is 479 g/mol. The Morgan fingerprint density at radius 3 is 2.57 bits per heavy atom. The van der Waals surface area contributed by atoms with Gasteiger partial charge >= 0.3 is 0 Å². The van der Waals surface area contributed by atoms with Crippen molar-refractivity contribution in [2.45, 2.75) is 71.1 Å². The first-order chi connectivity index (χ1) is 17.0. The molecule has 0 bridgehead atoms. The van der Waals surface area contributed by atoms with E-state index in [1.807, 2.05) is 35.4 Å². The quantitative estimate of drug-likeness (QED) is 0.722. The van der Waals surface area contributed by atoms with Crippen molar-refractivity contribution < 1.29 is 14.7 Å². The van der Waals surface area contributed by atoms with Gasteiger partial charge in [-0.05, 0) is 67.6 Å². The number of β-amino-alcohol motifs (C(OH)–C–C–N with tert-alkyl or cyclic N) is 1. The second-order valence-corrected chi connectivity index (χ2v) is 9.90. The van der Waals surface area contributed by atoms with Crippen LogP contribution in [0.5, 0.6) is 0 Å². The van der Waals surface area contributed by atoms with Crippen LogP contribution in [0.25, 0.3) is 0 Å². The molecule has 1 aromatic carbocycles. The summed E-state index contributed by atoms with van der Waals surface area (Å²) < 4.78 is 0. The minimum atomic E-state index is -0.458. The van der Waals surface area contributed by atoms with Crippen LogP contribution < -0.4 is 4.90 Å². The zero-order valence-corrected chi connectivity index (χ0v) is 20.9. The Labute approximate surface area is 208 Å². The number of aromatic nitrogens is 1. The first kappa shape index (κ1) is 25.3. The summed E-state index contributed by atoms with van der Waals surface area (Å²) >= 11 is 0. The molecule has 0 radical (unpaired) electrons. The van der Waals surface area contributed by atoms with E-state index in [0.29, 0.717) is 31.7 Å². The molecule has 1 aromatic heterocycles. The number of pyridine rings is 1. The monoisotopic (exact) mass is 478 g/mol. The highest BCUT2D eigenvalue weighted by atomic mass is 16.3. The number of fused-ring (bicyclic) bond motifs is 1. The third-order valence-electron chi connectivity index (χ3n) is 7.06. The Morgan fingerprint density at radius 2 is 1.83 bits per heavy atom. The maximum absolute atomic E-state index is 13.3. The van der Waals surface area contributed by atoms with Crippen LogP contribution in [0, 0.1) is 0 Å². The van der Waals surface area contributed by atoms with E-state index in [1.165, 1.54) is 12.8 Å². The van der Waals surface area contributed by atoms with Crippen LogP contribution in [-0.4, -0.2) is 64.0 Å². The van der Waals surface area contributed by atoms with E-state index in [-0.39, 0.29) is 11.8 Å². The average Bonchev–Trinajstić information content (AvgIpc) is 2.85. The molecule has 0 spiro atoms. The van der Waals surface area contributed by atoms with E-state index in [1.54, 1.807) is 18.0 Å².